The van der Waals surface area contributed by atoms with Gasteiger partial charge in [-0.1, -0.05) is 18.5 Å². The van der Waals surface area contributed by atoms with Crippen molar-refractivity contribution in [2.24, 2.45) is 5.92 Å². The molecule has 1 heterocycles. The van der Waals surface area contributed by atoms with Crippen LogP contribution in [0.15, 0.2) is 16.9 Å². The molecule has 3 N–H and O–H groups in total. The second-order valence-electron chi connectivity index (χ2n) is 4.89. The Bertz CT molecular complexity index is 419. The smallest absolute Gasteiger partial charge is 0.315 e. The molecule has 0 aliphatic carbocycles. The summed E-state index contributed by atoms with van der Waals surface area (Å²) in [4.78, 5) is 22.2. The third kappa shape index (κ3) is 6.21. The van der Waals surface area contributed by atoms with Crippen molar-refractivity contribution in [2.45, 2.75) is 45.7 Å². The Morgan fingerprint density at radius 3 is 2.75 bits per heavy atom. The molecule has 0 aliphatic rings. The molecule has 0 saturated carbocycles. The zero-order valence-corrected chi connectivity index (χ0v) is 11.8. The molecular formula is C13H21N3O4. The summed E-state index contributed by atoms with van der Waals surface area (Å²) in [6.45, 7) is 3.89. The monoisotopic (exact) mass is 283 g/mol. The highest BCUT2D eigenvalue weighted by atomic mass is 16.5. The first kappa shape index (κ1) is 16.0. The summed E-state index contributed by atoms with van der Waals surface area (Å²) in [7, 11) is 0. The van der Waals surface area contributed by atoms with E-state index in [2.05, 4.69) is 20.3 Å². The van der Waals surface area contributed by atoms with Crippen LogP contribution in [0.5, 0.6) is 0 Å². The molecule has 0 aromatic carbocycles. The molecule has 2 atom stereocenters. The first-order chi connectivity index (χ1) is 9.49. The summed E-state index contributed by atoms with van der Waals surface area (Å²) < 4.78 is 4.65. The van der Waals surface area contributed by atoms with Gasteiger partial charge in [0.25, 0.3) is 0 Å². The van der Waals surface area contributed by atoms with Crippen molar-refractivity contribution < 1.29 is 19.2 Å². The molecule has 112 valence electrons. The highest BCUT2D eigenvalue weighted by molar-refractivity contribution is 5.74. The molecule has 0 bridgehead atoms. The van der Waals surface area contributed by atoms with Crippen LogP contribution in [0.25, 0.3) is 0 Å². The number of hydrogen-bond donors (Lipinski definition) is 3. The Morgan fingerprint density at radius 2 is 2.15 bits per heavy atom. The molecule has 7 heteroatoms. The molecule has 7 nitrogen and oxygen atoms in total. The Labute approximate surface area is 117 Å². The van der Waals surface area contributed by atoms with E-state index in [1.807, 2.05) is 6.92 Å². The molecule has 0 radical (unpaired) electrons. The number of amides is 2. The summed E-state index contributed by atoms with van der Waals surface area (Å²) in [5.74, 6) is -1.13. The van der Waals surface area contributed by atoms with E-state index in [1.54, 1.807) is 13.0 Å². The maximum Gasteiger partial charge on any atom is 0.315 e. The van der Waals surface area contributed by atoms with Gasteiger partial charge in [0.05, 0.1) is 12.5 Å². The fourth-order valence-corrected chi connectivity index (χ4v) is 1.70. The van der Waals surface area contributed by atoms with E-state index in [0.29, 0.717) is 18.7 Å². The lowest BCUT2D eigenvalue weighted by Crippen LogP contribution is -2.40. The molecule has 1 aromatic rings. The van der Waals surface area contributed by atoms with Crippen molar-refractivity contribution in [1.29, 1.82) is 0 Å². The number of urea groups is 1. The quantitative estimate of drug-likeness (QED) is 0.674. The topological polar surface area (TPSA) is 104 Å². The number of rotatable bonds is 8. The SMILES string of the molecule is CC(CCCC(C)C(=O)O)NC(=O)NCc1ccon1. The minimum absolute atomic E-state index is 0.00620. The predicted molar refractivity (Wildman–Crippen MR) is 72.0 cm³/mol. The van der Waals surface area contributed by atoms with Crippen LogP contribution in [0.4, 0.5) is 4.79 Å². The van der Waals surface area contributed by atoms with Gasteiger partial charge < -0.3 is 20.3 Å². The Kier molecular flexibility index (Phi) is 6.55. The molecule has 0 fully saturated rings. The number of carboxylic acids is 1. The zero-order valence-electron chi connectivity index (χ0n) is 11.8. The molecule has 20 heavy (non-hydrogen) atoms. The molecular weight excluding hydrogens is 262 g/mol. The number of nitrogens with one attached hydrogen (secondary N) is 2. The zero-order chi connectivity index (χ0) is 15.0. The van der Waals surface area contributed by atoms with Crippen LogP contribution in [0.1, 0.15) is 38.8 Å². The Balaban J connectivity index is 2.13. The van der Waals surface area contributed by atoms with Crippen LogP contribution in [-0.2, 0) is 11.3 Å². The van der Waals surface area contributed by atoms with Gasteiger partial charge in [-0.25, -0.2) is 4.79 Å². The maximum atomic E-state index is 11.6. The van der Waals surface area contributed by atoms with Crippen molar-refractivity contribution >= 4 is 12.0 Å². The summed E-state index contributed by atoms with van der Waals surface area (Å²) in [6.07, 6.45) is 3.57. The third-order valence-electron chi connectivity index (χ3n) is 2.99. The van der Waals surface area contributed by atoms with E-state index in [-0.39, 0.29) is 18.0 Å². The average Bonchev–Trinajstić information content (AvgIpc) is 2.89. The van der Waals surface area contributed by atoms with Gasteiger partial charge in [0, 0.05) is 12.1 Å². The lowest BCUT2D eigenvalue weighted by Gasteiger charge is -2.14. The van der Waals surface area contributed by atoms with Crippen LogP contribution in [-0.4, -0.2) is 28.3 Å². The average molecular weight is 283 g/mol. The Morgan fingerprint density at radius 1 is 1.40 bits per heavy atom. The summed E-state index contributed by atoms with van der Waals surface area (Å²) >= 11 is 0. The van der Waals surface area contributed by atoms with Crippen molar-refractivity contribution in [3.05, 3.63) is 18.0 Å². The fraction of sp³-hybridized carbons (Fsp3) is 0.615. The van der Waals surface area contributed by atoms with E-state index in [0.717, 1.165) is 12.8 Å². The van der Waals surface area contributed by atoms with Gasteiger partial charge >= 0.3 is 12.0 Å². The first-order valence-corrected chi connectivity index (χ1v) is 6.65. The maximum absolute atomic E-state index is 11.6. The van der Waals surface area contributed by atoms with Gasteiger partial charge in [0.2, 0.25) is 0 Å². The molecule has 0 spiro atoms. The number of carbonyl (C=O) groups excluding carboxylic acids is 1. The van der Waals surface area contributed by atoms with Crippen molar-refractivity contribution in [1.82, 2.24) is 15.8 Å². The standard InChI is InChI=1S/C13H21N3O4/c1-9(12(17)18)4-3-5-10(2)15-13(19)14-8-11-6-7-20-16-11/h6-7,9-10H,3-5,8H2,1-2H3,(H,17,18)(H2,14,15,19). The van der Waals surface area contributed by atoms with Gasteiger partial charge in [0.15, 0.2) is 0 Å². The van der Waals surface area contributed by atoms with Crippen LogP contribution in [0, 0.1) is 5.92 Å². The normalized spacial score (nSPS) is 13.5. The minimum atomic E-state index is -0.782. The number of aliphatic carboxylic acids is 1. The highest BCUT2D eigenvalue weighted by Gasteiger charge is 2.12. The minimum Gasteiger partial charge on any atom is -0.481 e. The van der Waals surface area contributed by atoms with Crippen LogP contribution in [0.3, 0.4) is 0 Å². The first-order valence-electron chi connectivity index (χ1n) is 6.65. The Hall–Kier alpha value is -2.05. The van der Waals surface area contributed by atoms with Gasteiger partial charge in [-0.15, -0.1) is 0 Å². The van der Waals surface area contributed by atoms with Crippen LogP contribution < -0.4 is 10.6 Å². The van der Waals surface area contributed by atoms with E-state index >= 15 is 0 Å². The molecule has 1 rings (SSSR count). The number of carbonyl (C=O) groups is 2. The molecule has 0 saturated heterocycles. The number of hydrogen-bond acceptors (Lipinski definition) is 4. The summed E-state index contributed by atoms with van der Waals surface area (Å²) in [5.41, 5.74) is 0.656. The molecule has 2 amide bonds. The van der Waals surface area contributed by atoms with E-state index in [1.165, 1.54) is 6.26 Å². The predicted octanol–water partition coefficient (Wildman–Crippen LogP) is 1.75. The lowest BCUT2D eigenvalue weighted by molar-refractivity contribution is -0.141. The highest BCUT2D eigenvalue weighted by Crippen LogP contribution is 2.09. The molecule has 0 aliphatic heterocycles. The largest absolute Gasteiger partial charge is 0.481 e. The van der Waals surface area contributed by atoms with Crippen LogP contribution in [0.2, 0.25) is 0 Å². The van der Waals surface area contributed by atoms with E-state index in [4.69, 9.17) is 5.11 Å². The molecule has 1 aromatic heterocycles. The molecule has 2 unspecified atom stereocenters. The second-order valence-corrected chi connectivity index (χ2v) is 4.89. The van der Waals surface area contributed by atoms with Crippen LogP contribution >= 0.6 is 0 Å². The van der Waals surface area contributed by atoms with Crippen molar-refractivity contribution in [3.8, 4) is 0 Å². The van der Waals surface area contributed by atoms with Crippen molar-refractivity contribution in [3.63, 3.8) is 0 Å². The summed E-state index contributed by atoms with van der Waals surface area (Å²) in [6, 6.07) is 1.40. The third-order valence-corrected chi connectivity index (χ3v) is 2.99. The van der Waals surface area contributed by atoms with Gasteiger partial charge in [-0.3, -0.25) is 4.79 Å². The summed E-state index contributed by atoms with van der Waals surface area (Å²) in [5, 5.41) is 17.9. The fourth-order valence-electron chi connectivity index (χ4n) is 1.70. The van der Waals surface area contributed by atoms with Gasteiger partial charge in [-0.05, 0) is 19.8 Å². The number of nitrogens with zero attached hydrogens (tertiary/aromatic N) is 1. The van der Waals surface area contributed by atoms with E-state index in [9.17, 15) is 9.59 Å². The number of aromatic nitrogens is 1. The second kappa shape index (κ2) is 8.19. The van der Waals surface area contributed by atoms with Gasteiger partial charge in [0.1, 0.15) is 12.0 Å². The number of carboxylic acid groups (broad SMARTS) is 1. The lowest BCUT2D eigenvalue weighted by atomic mass is 10.0. The van der Waals surface area contributed by atoms with E-state index < -0.39 is 5.97 Å². The van der Waals surface area contributed by atoms with Gasteiger partial charge in [-0.2, -0.15) is 0 Å². The van der Waals surface area contributed by atoms with Crippen molar-refractivity contribution in [2.75, 3.05) is 0 Å².